The minimum Gasteiger partial charge on any atom is -0.394 e. The summed E-state index contributed by atoms with van der Waals surface area (Å²) in [6.45, 7) is 4.19. The molecule has 3 unspecified atom stereocenters. The first-order chi connectivity index (χ1) is 25.5. The molecule has 0 rings (SSSR count). The van der Waals surface area contributed by atoms with Gasteiger partial charge in [-0.3, -0.25) is 4.79 Å². The van der Waals surface area contributed by atoms with E-state index in [1.165, 1.54) is 186 Å². The number of amides is 1. The fourth-order valence-electron chi connectivity index (χ4n) is 7.18. The van der Waals surface area contributed by atoms with Crippen LogP contribution in [0.1, 0.15) is 245 Å². The summed E-state index contributed by atoms with van der Waals surface area (Å²) < 4.78 is 0. The summed E-state index contributed by atoms with van der Waals surface area (Å²) in [5.41, 5.74) is 0. The molecule has 0 heterocycles. The summed E-state index contributed by atoms with van der Waals surface area (Å²) in [5.74, 6) is -0.323. The molecule has 0 aliphatic carbocycles. The molecule has 4 N–H and O–H groups in total. The van der Waals surface area contributed by atoms with Crippen molar-refractivity contribution in [1.29, 1.82) is 0 Å². The van der Waals surface area contributed by atoms with Gasteiger partial charge < -0.3 is 20.6 Å². The lowest BCUT2D eigenvalue weighted by Crippen LogP contribution is -2.45. The van der Waals surface area contributed by atoms with E-state index in [1.54, 1.807) is 6.08 Å². The predicted molar refractivity (Wildman–Crippen MR) is 227 cm³/mol. The Labute approximate surface area is 324 Å². The molecule has 0 bridgehead atoms. The van der Waals surface area contributed by atoms with Crippen LogP contribution in [0, 0.1) is 0 Å². The Kier molecular flexibility index (Phi) is 41.6. The highest BCUT2D eigenvalue weighted by atomic mass is 16.3. The van der Waals surface area contributed by atoms with Gasteiger partial charge in [0, 0.05) is 0 Å². The van der Waals surface area contributed by atoms with Crippen molar-refractivity contribution in [2.24, 2.45) is 0 Å². The van der Waals surface area contributed by atoms with Crippen LogP contribution in [-0.4, -0.2) is 46.1 Å². The first-order valence-electron chi connectivity index (χ1n) is 23.1. The first kappa shape index (κ1) is 50.8. The van der Waals surface area contributed by atoms with Crippen LogP contribution in [0.3, 0.4) is 0 Å². The van der Waals surface area contributed by atoms with Gasteiger partial charge in [-0.05, 0) is 32.1 Å². The molecule has 0 fully saturated rings. The van der Waals surface area contributed by atoms with Crippen LogP contribution in [0.2, 0.25) is 0 Å². The van der Waals surface area contributed by atoms with E-state index in [-0.39, 0.29) is 18.9 Å². The zero-order chi connectivity index (χ0) is 38.0. The lowest BCUT2D eigenvalue weighted by atomic mass is 10.0. The van der Waals surface area contributed by atoms with E-state index in [1.807, 2.05) is 6.08 Å². The molecule has 0 saturated carbocycles. The number of carbonyl (C=O) groups is 1. The van der Waals surface area contributed by atoms with Crippen LogP contribution in [0.25, 0.3) is 0 Å². The molecular weight excluding hydrogens is 643 g/mol. The van der Waals surface area contributed by atoms with Crippen LogP contribution in [-0.2, 0) is 4.79 Å². The Morgan fingerprint density at radius 2 is 0.827 bits per heavy atom. The van der Waals surface area contributed by atoms with Crippen LogP contribution in [0.15, 0.2) is 24.3 Å². The lowest BCUT2D eigenvalue weighted by molar-refractivity contribution is -0.124. The third-order valence-corrected chi connectivity index (χ3v) is 10.7. The SMILES string of the molecule is CCCCCCC/C=C/CC/C=C/C(O)C(CO)NC(=O)CC(O)CCCCCCCCCCCCCCCCCCCCCCCCCCCC. The molecule has 5 nitrogen and oxygen atoms in total. The Morgan fingerprint density at radius 1 is 0.481 bits per heavy atom. The Balaban J connectivity index is 3.54. The van der Waals surface area contributed by atoms with Gasteiger partial charge in [-0.1, -0.05) is 231 Å². The fraction of sp³-hybridized carbons (Fsp3) is 0.894. The molecule has 52 heavy (non-hydrogen) atoms. The average molecular weight is 734 g/mol. The Bertz CT molecular complexity index is 768. The van der Waals surface area contributed by atoms with Crippen molar-refractivity contribution in [1.82, 2.24) is 5.32 Å². The van der Waals surface area contributed by atoms with Crippen molar-refractivity contribution in [3.8, 4) is 0 Å². The fourth-order valence-corrected chi connectivity index (χ4v) is 7.18. The molecule has 0 spiro atoms. The minimum atomic E-state index is -0.947. The highest BCUT2D eigenvalue weighted by Gasteiger charge is 2.20. The number of hydrogen-bond acceptors (Lipinski definition) is 4. The van der Waals surface area contributed by atoms with Crippen molar-refractivity contribution >= 4 is 5.91 Å². The van der Waals surface area contributed by atoms with Crippen LogP contribution in [0.5, 0.6) is 0 Å². The van der Waals surface area contributed by atoms with Crippen molar-refractivity contribution in [2.75, 3.05) is 6.61 Å². The van der Waals surface area contributed by atoms with Crippen LogP contribution in [0.4, 0.5) is 0 Å². The van der Waals surface area contributed by atoms with E-state index in [0.717, 1.165) is 32.1 Å². The van der Waals surface area contributed by atoms with E-state index in [2.05, 4.69) is 31.3 Å². The highest BCUT2D eigenvalue weighted by Crippen LogP contribution is 2.17. The molecule has 1 amide bonds. The normalized spacial score (nSPS) is 13.7. The largest absolute Gasteiger partial charge is 0.394 e. The quantitative estimate of drug-likeness (QED) is 0.0371. The maximum absolute atomic E-state index is 12.4. The topological polar surface area (TPSA) is 89.8 Å². The van der Waals surface area contributed by atoms with Gasteiger partial charge in [0.2, 0.25) is 5.91 Å². The number of nitrogens with one attached hydrogen (secondary N) is 1. The van der Waals surface area contributed by atoms with Crippen LogP contribution >= 0.6 is 0 Å². The van der Waals surface area contributed by atoms with E-state index in [9.17, 15) is 20.1 Å². The zero-order valence-electron chi connectivity index (χ0n) is 35.0. The second-order valence-electron chi connectivity index (χ2n) is 16.0. The second-order valence-corrected chi connectivity index (χ2v) is 16.0. The van der Waals surface area contributed by atoms with Gasteiger partial charge in [0.05, 0.1) is 31.3 Å². The smallest absolute Gasteiger partial charge is 0.222 e. The van der Waals surface area contributed by atoms with Gasteiger partial charge in [0.15, 0.2) is 0 Å². The van der Waals surface area contributed by atoms with Crippen molar-refractivity contribution in [3.63, 3.8) is 0 Å². The van der Waals surface area contributed by atoms with E-state index in [0.29, 0.717) is 6.42 Å². The maximum Gasteiger partial charge on any atom is 0.222 e. The lowest BCUT2D eigenvalue weighted by Gasteiger charge is -2.21. The summed E-state index contributed by atoms with van der Waals surface area (Å²) in [5, 5.41) is 33.1. The van der Waals surface area contributed by atoms with Gasteiger partial charge in [-0.25, -0.2) is 0 Å². The minimum absolute atomic E-state index is 0.00954. The summed E-state index contributed by atoms with van der Waals surface area (Å²) >= 11 is 0. The summed E-state index contributed by atoms with van der Waals surface area (Å²) in [7, 11) is 0. The first-order valence-corrected chi connectivity index (χ1v) is 23.1. The number of allylic oxidation sites excluding steroid dienone is 3. The van der Waals surface area contributed by atoms with Gasteiger partial charge in [0.1, 0.15) is 0 Å². The molecule has 3 atom stereocenters. The monoisotopic (exact) mass is 734 g/mol. The summed E-state index contributed by atoms with van der Waals surface area (Å²) in [6.07, 6.45) is 52.0. The van der Waals surface area contributed by atoms with Gasteiger partial charge in [-0.2, -0.15) is 0 Å². The molecule has 308 valence electrons. The number of aliphatic hydroxyl groups is 3. The molecule has 0 aromatic heterocycles. The van der Waals surface area contributed by atoms with E-state index < -0.39 is 18.2 Å². The number of unbranched alkanes of at least 4 members (excludes halogenated alkanes) is 31. The van der Waals surface area contributed by atoms with Crippen molar-refractivity contribution in [2.45, 2.75) is 263 Å². The average Bonchev–Trinajstić information content (AvgIpc) is 3.14. The third kappa shape index (κ3) is 38.6. The Hall–Kier alpha value is -1.17. The molecule has 0 aliphatic heterocycles. The molecule has 0 aliphatic rings. The van der Waals surface area contributed by atoms with Crippen molar-refractivity contribution in [3.05, 3.63) is 24.3 Å². The van der Waals surface area contributed by atoms with Crippen LogP contribution < -0.4 is 5.32 Å². The molecule has 0 aromatic rings. The van der Waals surface area contributed by atoms with Gasteiger partial charge >= 0.3 is 0 Å². The standard InChI is InChI=1S/C47H91NO4/c1-3-5-7-9-11-13-15-16-17-18-19-20-21-22-23-24-25-26-27-28-29-31-32-34-36-38-40-44(50)42-47(52)48-45(43-49)46(51)41-39-37-35-33-30-14-12-10-8-6-4-2/h30,33,39,41,44-46,49-51H,3-29,31-32,34-38,40,42-43H2,1-2H3,(H,48,52)/b33-30+,41-39+. The molecular formula is C47H91NO4. The highest BCUT2D eigenvalue weighted by molar-refractivity contribution is 5.76. The van der Waals surface area contributed by atoms with E-state index in [4.69, 9.17) is 0 Å². The second kappa shape index (κ2) is 42.6. The number of rotatable bonds is 42. The van der Waals surface area contributed by atoms with Gasteiger partial charge in [-0.15, -0.1) is 0 Å². The van der Waals surface area contributed by atoms with E-state index >= 15 is 0 Å². The predicted octanol–water partition coefficient (Wildman–Crippen LogP) is 13.4. The number of carbonyl (C=O) groups excluding carboxylic acids is 1. The summed E-state index contributed by atoms with van der Waals surface area (Å²) in [6, 6.07) is -0.756. The maximum atomic E-state index is 12.4. The number of aliphatic hydroxyl groups excluding tert-OH is 3. The molecule has 0 aromatic carbocycles. The van der Waals surface area contributed by atoms with Crippen molar-refractivity contribution < 1.29 is 20.1 Å². The summed E-state index contributed by atoms with van der Waals surface area (Å²) in [4.78, 5) is 12.4. The molecule has 0 saturated heterocycles. The van der Waals surface area contributed by atoms with Gasteiger partial charge in [0.25, 0.3) is 0 Å². The third-order valence-electron chi connectivity index (χ3n) is 10.7. The number of hydrogen-bond donors (Lipinski definition) is 4. The Morgan fingerprint density at radius 3 is 1.23 bits per heavy atom. The molecule has 5 heteroatoms. The molecule has 0 radical (unpaired) electrons. The zero-order valence-corrected chi connectivity index (χ0v) is 35.0.